The van der Waals surface area contributed by atoms with Crippen molar-refractivity contribution in [2.75, 3.05) is 6.54 Å². The minimum atomic E-state index is -0.468. The van der Waals surface area contributed by atoms with E-state index in [2.05, 4.69) is 10.3 Å². The minimum absolute atomic E-state index is 0.0421. The van der Waals surface area contributed by atoms with Crippen molar-refractivity contribution >= 4 is 23.4 Å². The second kappa shape index (κ2) is 5.81. The molecule has 18 heavy (non-hydrogen) atoms. The zero-order chi connectivity index (χ0) is 13.0. The third-order valence-corrected chi connectivity index (χ3v) is 3.96. The van der Waals surface area contributed by atoms with Gasteiger partial charge in [0.05, 0.1) is 10.2 Å². The molecule has 1 atom stereocenters. The summed E-state index contributed by atoms with van der Waals surface area (Å²) in [6.07, 6.45) is 4.12. The summed E-state index contributed by atoms with van der Waals surface area (Å²) in [4.78, 5) is 26.2. The highest BCUT2D eigenvalue weighted by Crippen LogP contribution is 2.32. The Labute approximate surface area is 108 Å². The molecule has 1 amide bonds. The first-order chi connectivity index (χ1) is 8.68. The van der Waals surface area contributed by atoms with Gasteiger partial charge in [-0.2, -0.15) is 0 Å². The number of rotatable bonds is 3. The van der Waals surface area contributed by atoms with Crippen LogP contribution in [0.25, 0.3) is 0 Å². The molecule has 0 aliphatic carbocycles. The average Bonchev–Trinajstić information content (AvgIpc) is 2.55. The molecule has 1 aliphatic heterocycles. The van der Waals surface area contributed by atoms with Crippen molar-refractivity contribution in [3.05, 3.63) is 28.4 Å². The van der Waals surface area contributed by atoms with E-state index in [9.17, 15) is 14.9 Å². The summed E-state index contributed by atoms with van der Waals surface area (Å²) in [5.41, 5.74) is -0.0421. The number of carbonyl (C=O) groups excluding carboxylic acids is 1. The molecule has 0 radical (unpaired) electrons. The summed E-state index contributed by atoms with van der Waals surface area (Å²) in [5, 5.41) is 13.7. The topological polar surface area (TPSA) is 85.1 Å². The van der Waals surface area contributed by atoms with Gasteiger partial charge in [-0.25, -0.2) is 4.98 Å². The van der Waals surface area contributed by atoms with Crippen molar-refractivity contribution in [1.82, 2.24) is 10.3 Å². The van der Waals surface area contributed by atoms with Gasteiger partial charge in [-0.1, -0.05) is 18.2 Å². The standard InChI is InChI=1S/C11H13N3O3S/c15-10-9(5-1-2-6-12-10)18-11-8(14(16)17)4-3-7-13-11/h3-4,7,9H,1-2,5-6H2,(H,12,15)/t9-/m0/s1. The fourth-order valence-corrected chi connectivity index (χ4v) is 2.90. The fourth-order valence-electron chi connectivity index (χ4n) is 1.77. The number of hydrogen-bond donors (Lipinski definition) is 1. The number of pyridine rings is 1. The Bertz CT molecular complexity index is 467. The molecule has 2 heterocycles. The van der Waals surface area contributed by atoms with Gasteiger partial charge < -0.3 is 5.32 Å². The molecule has 1 N–H and O–H groups in total. The molecule has 0 bridgehead atoms. The van der Waals surface area contributed by atoms with Gasteiger partial charge in [0, 0.05) is 18.8 Å². The van der Waals surface area contributed by atoms with Crippen molar-refractivity contribution in [3.63, 3.8) is 0 Å². The fraction of sp³-hybridized carbons (Fsp3) is 0.455. The molecule has 1 fully saturated rings. The lowest BCUT2D eigenvalue weighted by Crippen LogP contribution is -2.30. The molecule has 2 rings (SSSR count). The number of aromatic nitrogens is 1. The second-order valence-electron chi connectivity index (χ2n) is 3.98. The van der Waals surface area contributed by atoms with Crippen molar-refractivity contribution in [1.29, 1.82) is 0 Å². The van der Waals surface area contributed by atoms with E-state index in [4.69, 9.17) is 0 Å². The number of nitrogens with one attached hydrogen (secondary N) is 1. The molecule has 7 heteroatoms. The smallest absolute Gasteiger partial charge is 0.301 e. The van der Waals surface area contributed by atoms with E-state index in [0.29, 0.717) is 11.6 Å². The molecule has 0 spiro atoms. The Hall–Kier alpha value is -1.63. The maximum Gasteiger partial charge on any atom is 0.301 e. The Morgan fingerprint density at radius 3 is 3.11 bits per heavy atom. The molecule has 0 aromatic carbocycles. The molecule has 0 saturated carbocycles. The van der Waals surface area contributed by atoms with Gasteiger partial charge >= 0.3 is 5.69 Å². The predicted molar refractivity (Wildman–Crippen MR) is 67.4 cm³/mol. The van der Waals surface area contributed by atoms with Crippen LogP contribution in [0.5, 0.6) is 0 Å². The van der Waals surface area contributed by atoms with Gasteiger partial charge in [0.25, 0.3) is 0 Å². The van der Waals surface area contributed by atoms with Crippen LogP contribution < -0.4 is 5.32 Å². The van der Waals surface area contributed by atoms with Crippen LogP contribution in [-0.4, -0.2) is 27.6 Å². The summed E-state index contributed by atoms with van der Waals surface area (Å²) in [7, 11) is 0. The number of carbonyl (C=O) groups is 1. The zero-order valence-corrected chi connectivity index (χ0v) is 10.5. The largest absolute Gasteiger partial charge is 0.355 e. The lowest BCUT2D eigenvalue weighted by molar-refractivity contribution is -0.388. The number of nitrogens with zero attached hydrogens (tertiary/aromatic N) is 2. The van der Waals surface area contributed by atoms with E-state index in [1.807, 2.05) is 0 Å². The van der Waals surface area contributed by atoms with Gasteiger partial charge in [-0.3, -0.25) is 14.9 Å². The molecular formula is C11H13N3O3S. The van der Waals surface area contributed by atoms with Crippen LogP contribution >= 0.6 is 11.8 Å². The molecule has 1 aromatic rings. The molecule has 1 aromatic heterocycles. The monoisotopic (exact) mass is 267 g/mol. The molecule has 1 aliphatic rings. The van der Waals surface area contributed by atoms with E-state index >= 15 is 0 Å². The van der Waals surface area contributed by atoms with Gasteiger partial charge in [0.2, 0.25) is 5.91 Å². The van der Waals surface area contributed by atoms with Crippen LogP contribution in [0.15, 0.2) is 23.4 Å². The molecule has 1 saturated heterocycles. The normalized spacial score (nSPS) is 20.0. The van der Waals surface area contributed by atoms with Crippen molar-refractivity contribution < 1.29 is 9.72 Å². The summed E-state index contributed by atoms with van der Waals surface area (Å²) in [6.45, 7) is 0.681. The SMILES string of the molecule is O=C1NCCCC[C@@H]1Sc1ncccc1[N+](=O)[O-]. The lowest BCUT2D eigenvalue weighted by Gasteiger charge is -2.11. The first-order valence-electron chi connectivity index (χ1n) is 5.72. The second-order valence-corrected chi connectivity index (χ2v) is 5.17. The van der Waals surface area contributed by atoms with Gasteiger partial charge in [0.1, 0.15) is 0 Å². The molecular weight excluding hydrogens is 254 g/mol. The average molecular weight is 267 g/mol. The van der Waals surface area contributed by atoms with Gasteiger partial charge in [0.15, 0.2) is 5.03 Å². The van der Waals surface area contributed by atoms with Crippen LogP contribution in [0.4, 0.5) is 5.69 Å². The maximum absolute atomic E-state index is 11.8. The van der Waals surface area contributed by atoms with Gasteiger partial charge in [-0.05, 0) is 18.9 Å². The third-order valence-electron chi connectivity index (χ3n) is 2.69. The van der Waals surface area contributed by atoms with E-state index in [0.717, 1.165) is 19.3 Å². The van der Waals surface area contributed by atoms with Crippen molar-refractivity contribution in [2.24, 2.45) is 0 Å². The van der Waals surface area contributed by atoms with E-state index in [1.54, 1.807) is 0 Å². The molecule has 96 valence electrons. The van der Waals surface area contributed by atoms with E-state index < -0.39 is 4.92 Å². The van der Waals surface area contributed by atoms with E-state index in [-0.39, 0.29) is 16.8 Å². The van der Waals surface area contributed by atoms with E-state index in [1.165, 1.54) is 30.1 Å². The summed E-state index contributed by atoms with van der Waals surface area (Å²) >= 11 is 1.18. The Kier molecular flexibility index (Phi) is 4.14. The number of thioether (sulfide) groups is 1. The molecule has 6 nitrogen and oxygen atoms in total. The Balaban J connectivity index is 2.17. The maximum atomic E-state index is 11.8. The highest BCUT2D eigenvalue weighted by Gasteiger charge is 2.25. The highest BCUT2D eigenvalue weighted by atomic mass is 32.2. The van der Waals surface area contributed by atoms with Crippen molar-refractivity contribution in [2.45, 2.75) is 29.5 Å². The lowest BCUT2D eigenvalue weighted by atomic mass is 10.2. The number of nitro groups is 1. The zero-order valence-electron chi connectivity index (χ0n) is 9.67. The summed E-state index contributed by atoms with van der Waals surface area (Å²) in [5.74, 6) is -0.0579. The molecule has 0 unspecified atom stereocenters. The quantitative estimate of drug-likeness (QED) is 0.666. The summed E-state index contributed by atoms with van der Waals surface area (Å²) < 4.78 is 0. The summed E-state index contributed by atoms with van der Waals surface area (Å²) in [6, 6.07) is 2.93. The predicted octanol–water partition coefficient (Wildman–Crippen LogP) is 1.75. The first-order valence-corrected chi connectivity index (χ1v) is 6.60. The van der Waals surface area contributed by atoms with Crippen LogP contribution in [0.3, 0.4) is 0 Å². The van der Waals surface area contributed by atoms with Gasteiger partial charge in [-0.15, -0.1) is 0 Å². The first kappa shape index (κ1) is 12.8. The number of hydrogen-bond acceptors (Lipinski definition) is 5. The number of amides is 1. The third kappa shape index (κ3) is 2.98. The minimum Gasteiger partial charge on any atom is -0.355 e. The van der Waals surface area contributed by atoms with Crippen LogP contribution in [0.1, 0.15) is 19.3 Å². The highest BCUT2D eigenvalue weighted by molar-refractivity contribution is 8.00. The Morgan fingerprint density at radius 2 is 2.33 bits per heavy atom. The van der Waals surface area contributed by atoms with Crippen LogP contribution in [0, 0.1) is 10.1 Å². The van der Waals surface area contributed by atoms with Crippen LogP contribution in [0.2, 0.25) is 0 Å². The Morgan fingerprint density at radius 1 is 1.50 bits per heavy atom. The van der Waals surface area contributed by atoms with Crippen LogP contribution in [-0.2, 0) is 4.79 Å². The van der Waals surface area contributed by atoms with Crippen molar-refractivity contribution in [3.8, 4) is 0 Å².